The molecule has 1 heterocycles. The van der Waals surface area contributed by atoms with Crippen LogP contribution in [0.5, 0.6) is 0 Å². The quantitative estimate of drug-likeness (QED) is 0.216. The molecular formula is C7H10BrO3PS2VW-2. The third kappa shape index (κ3) is 14.1. The number of hydrogen-bond acceptors (Lipinski definition) is 5. The molecule has 0 saturated carbocycles. The topological polar surface area (TPSA) is 35.5 Å². The van der Waals surface area contributed by atoms with Crippen LogP contribution < -0.4 is 0 Å². The van der Waals surface area contributed by atoms with E-state index >= 15 is 0 Å². The van der Waals surface area contributed by atoms with Gasteiger partial charge in [0.15, 0.2) is 0 Å². The molecule has 1 rings (SSSR count). The smallest absolute Gasteiger partial charge is 0.533 e. The maximum Gasteiger partial charge on any atom is 2.00 e. The molecule has 1 aliphatic heterocycles. The fraction of sp³-hybridized carbons (Fsp3) is 0.429. The SMILES string of the molecule is BrCC1O[CH-]C[CH-]O1.[CH2-]C(=O)[S-](=P)=S.[V].[W+2]. The van der Waals surface area contributed by atoms with E-state index in [4.69, 9.17) is 9.47 Å². The summed E-state index contributed by atoms with van der Waals surface area (Å²) in [6.07, 6.45) is 0.674. The van der Waals surface area contributed by atoms with Gasteiger partial charge >= 0.3 is 21.1 Å². The van der Waals surface area contributed by atoms with Crippen LogP contribution >= 0.6 is 23.9 Å². The summed E-state index contributed by atoms with van der Waals surface area (Å²) in [7, 11) is 2.19. The van der Waals surface area contributed by atoms with E-state index in [0.717, 1.165) is 11.8 Å². The summed E-state index contributed by atoms with van der Waals surface area (Å²) < 4.78 is 10.0. The molecule has 0 aromatic rings. The maximum absolute atomic E-state index is 9.89. The molecule has 0 amide bonds. The van der Waals surface area contributed by atoms with E-state index in [2.05, 4.69) is 42.1 Å². The Morgan fingerprint density at radius 3 is 2.19 bits per heavy atom. The molecule has 0 spiro atoms. The van der Waals surface area contributed by atoms with Crippen LogP contribution in [0.3, 0.4) is 0 Å². The normalized spacial score (nSPS) is 15.1. The summed E-state index contributed by atoms with van der Waals surface area (Å²) in [6.45, 7) is 6.52. The zero-order valence-corrected chi connectivity index (χ0v) is 16.7. The minimum atomic E-state index is -0.728. The van der Waals surface area contributed by atoms with Crippen molar-refractivity contribution in [1.82, 2.24) is 0 Å². The standard InChI is InChI=1S/C5H7BrO2.C2H3OPS2.V.W/c6-4-5-7-2-1-3-8-5;1-2(3)6(4)5;;/h2-3,5H,1,4H2;4H,1H2;;/q2*-2;;+2. The van der Waals surface area contributed by atoms with E-state index in [9.17, 15) is 4.79 Å². The number of carbonyl (C=O) groups is 1. The number of carbonyl (C=O) groups excluding carboxylic acids is 1. The number of hydrogen-bond donors (Lipinski definition) is 0. The van der Waals surface area contributed by atoms with E-state index in [0.29, 0.717) is 0 Å². The Kier molecular flexibility index (Phi) is 22.0. The summed E-state index contributed by atoms with van der Waals surface area (Å²) >= 11 is 7.65. The first-order valence-electron chi connectivity index (χ1n) is 3.57. The van der Waals surface area contributed by atoms with Gasteiger partial charge in [0.25, 0.3) is 0 Å². The summed E-state index contributed by atoms with van der Waals surface area (Å²) in [5, 5.41) is 0.488. The van der Waals surface area contributed by atoms with Gasteiger partial charge in [0.2, 0.25) is 0 Å². The minimum absolute atomic E-state index is 0. The zero-order chi connectivity index (χ0) is 11.0. The van der Waals surface area contributed by atoms with Gasteiger partial charge in [-0.25, -0.2) is 13.2 Å². The molecule has 93 valence electrons. The molecule has 0 aromatic heterocycles. The minimum Gasteiger partial charge on any atom is -0.533 e. The van der Waals surface area contributed by atoms with Gasteiger partial charge in [-0.2, -0.15) is 0 Å². The summed E-state index contributed by atoms with van der Waals surface area (Å²) in [5.41, 5.74) is 0. The molecule has 9 heteroatoms. The van der Waals surface area contributed by atoms with Crippen LogP contribution in [0.15, 0.2) is 0 Å². The van der Waals surface area contributed by atoms with Crippen molar-refractivity contribution < 1.29 is 53.9 Å². The fourth-order valence-corrected chi connectivity index (χ4v) is 0.775. The summed E-state index contributed by atoms with van der Waals surface area (Å²) in [5.74, 6) is 0. The van der Waals surface area contributed by atoms with Gasteiger partial charge < -0.3 is 29.8 Å². The fourth-order valence-electron chi connectivity index (χ4n) is 0.470. The second-order valence-electron chi connectivity index (χ2n) is 2.07. The van der Waals surface area contributed by atoms with Gasteiger partial charge in [0.05, 0.1) is 0 Å². The second-order valence-corrected chi connectivity index (χ2v) is 6.82. The van der Waals surface area contributed by atoms with Crippen LogP contribution in [0.1, 0.15) is 6.42 Å². The molecule has 1 aliphatic rings. The summed E-state index contributed by atoms with van der Waals surface area (Å²) in [6, 6.07) is 0. The first kappa shape index (κ1) is 23.2. The molecule has 1 saturated heterocycles. The number of alkyl halides is 1. The van der Waals surface area contributed by atoms with Crippen molar-refractivity contribution in [1.29, 1.82) is 0 Å². The second kappa shape index (κ2) is 15.1. The third-order valence-corrected chi connectivity index (χ3v) is 3.20. The maximum atomic E-state index is 9.89. The van der Waals surface area contributed by atoms with Gasteiger partial charge in [-0.3, -0.25) is 25.6 Å². The van der Waals surface area contributed by atoms with E-state index in [1.807, 2.05) is 0 Å². The molecule has 0 aromatic carbocycles. The first-order valence-corrected chi connectivity index (χ1v) is 8.06. The predicted molar refractivity (Wildman–Crippen MR) is 66.4 cm³/mol. The zero-order valence-electron chi connectivity index (χ0n) is 8.13. The molecule has 16 heavy (non-hydrogen) atoms. The number of ether oxygens (including phenoxy) is 2. The van der Waals surface area contributed by atoms with Crippen molar-refractivity contribution in [3.05, 3.63) is 20.1 Å². The molecule has 3 nitrogen and oxygen atoms in total. The van der Waals surface area contributed by atoms with E-state index in [1.165, 1.54) is 0 Å². The van der Waals surface area contributed by atoms with Crippen LogP contribution in [0, 0.1) is 20.1 Å². The third-order valence-electron chi connectivity index (χ3n) is 1.02. The first-order chi connectivity index (χ1) is 6.57. The Bertz CT molecular complexity index is 242. The van der Waals surface area contributed by atoms with Crippen molar-refractivity contribution in [2.75, 3.05) is 5.33 Å². The number of rotatable bonds is 1. The average molecular weight is 552 g/mol. The molecule has 0 aliphatic carbocycles. The van der Waals surface area contributed by atoms with Gasteiger partial charge in [-0.05, 0) is 0 Å². The van der Waals surface area contributed by atoms with Crippen molar-refractivity contribution in [2.45, 2.75) is 12.7 Å². The Morgan fingerprint density at radius 1 is 1.62 bits per heavy atom. The van der Waals surface area contributed by atoms with Gasteiger partial charge in [0, 0.05) is 23.9 Å². The average Bonchev–Trinajstić information content (AvgIpc) is 2.20. The molecule has 0 atom stereocenters. The Balaban J connectivity index is -0.000000195. The van der Waals surface area contributed by atoms with Crippen LogP contribution in [0.25, 0.3) is 0 Å². The van der Waals surface area contributed by atoms with E-state index in [-0.39, 0.29) is 51.0 Å². The van der Waals surface area contributed by atoms with E-state index < -0.39 is 8.63 Å². The largest absolute Gasteiger partial charge is 2.00 e. The molecule has 0 unspecified atom stereocenters. The van der Waals surface area contributed by atoms with Crippen molar-refractivity contribution in [3.8, 4) is 0 Å². The van der Waals surface area contributed by atoms with Crippen LogP contribution in [0.2, 0.25) is 0 Å². The monoisotopic (exact) mass is 551 g/mol. The van der Waals surface area contributed by atoms with Gasteiger partial charge in [-0.15, -0.1) is 0 Å². The molecule has 0 bridgehead atoms. The van der Waals surface area contributed by atoms with Crippen molar-refractivity contribution in [3.63, 3.8) is 0 Å². The van der Waals surface area contributed by atoms with Crippen LogP contribution in [0.4, 0.5) is 0 Å². The Morgan fingerprint density at radius 2 is 2.00 bits per heavy atom. The molecule has 1 fully saturated rings. The van der Waals surface area contributed by atoms with Crippen LogP contribution in [-0.4, -0.2) is 16.7 Å². The van der Waals surface area contributed by atoms with E-state index in [1.54, 1.807) is 13.2 Å². The predicted octanol–water partition coefficient (Wildman–Crippen LogP) is 1.95. The molecule has 0 N–H and O–H groups in total. The van der Waals surface area contributed by atoms with Crippen molar-refractivity contribution in [2.24, 2.45) is 0 Å². The Hall–Kier alpha value is 2.08. The van der Waals surface area contributed by atoms with Gasteiger partial charge in [-0.1, -0.05) is 21.0 Å². The number of halogens is 1. The summed E-state index contributed by atoms with van der Waals surface area (Å²) in [4.78, 5) is 9.89. The molecule has 1 radical (unpaired) electrons. The van der Waals surface area contributed by atoms with Crippen molar-refractivity contribution >= 4 is 48.9 Å². The van der Waals surface area contributed by atoms with Crippen LogP contribution in [-0.2, 0) is 73.7 Å². The Labute approximate surface area is 139 Å². The van der Waals surface area contributed by atoms with Gasteiger partial charge in [0.1, 0.15) is 6.29 Å². The molecular weight excluding hydrogens is 542 g/mol.